The number of anilines is 1. The molecule has 1 unspecified atom stereocenters. The summed E-state index contributed by atoms with van der Waals surface area (Å²) in [6, 6.07) is 13.6. The Labute approximate surface area is 192 Å². The van der Waals surface area contributed by atoms with E-state index in [1.807, 2.05) is 0 Å². The summed E-state index contributed by atoms with van der Waals surface area (Å²) < 4.78 is 15.9. The van der Waals surface area contributed by atoms with E-state index in [2.05, 4.69) is 16.0 Å². The summed E-state index contributed by atoms with van der Waals surface area (Å²) >= 11 is 5.24. The van der Waals surface area contributed by atoms with Crippen molar-refractivity contribution in [2.45, 2.75) is 18.9 Å². The molecule has 9 heteroatoms. The molecule has 2 aromatic carbocycles. The predicted octanol–water partition coefficient (Wildman–Crippen LogP) is 2.75. The van der Waals surface area contributed by atoms with Gasteiger partial charge in [-0.25, -0.2) is 0 Å². The van der Waals surface area contributed by atoms with E-state index in [9.17, 15) is 9.59 Å². The predicted molar refractivity (Wildman–Crippen MR) is 125 cm³/mol. The van der Waals surface area contributed by atoms with E-state index in [1.165, 1.54) is 0 Å². The van der Waals surface area contributed by atoms with Crippen LogP contribution in [0.1, 0.15) is 33.6 Å². The van der Waals surface area contributed by atoms with E-state index in [0.717, 1.165) is 19.4 Å². The van der Waals surface area contributed by atoms with E-state index < -0.39 is 0 Å². The number of ether oxygens (including phenoxy) is 3. The average molecular weight is 458 g/mol. The molecular weight excluding hydrogens is 430 g/mol. The molecule has 2 aromatic rings. The van der Waals surface area contributed by atoms with Crippen molar-refractivity contribution in [3.8, 4) is 5.75 Å². The number of carbonyl (C=O) groups excluding carboxylic acids is 2. The van der Waals surface area contributed by atoms with Crippen molar-refractivity contribution in [3.63, 3.8) is 0 Å². The van der Waals surface area contributed by atoms with E-state index in [-0.39, 0.29) is 23.0 Å². The summed E-state index contributed by atoms with van der Waals surface area (Å²) in [5, 5.41) is 8.58. The zero-order valence-corrected chi connectivity index (χ0v) is 18.7. The third-order valence-corrected chi connectivity index (χ3v) is 5.00. The molecule has 3 rings (SSSR count). The molecule has 1 aliphatic heterocycles. The number of thiocarbonyl (C=S) groups is 1. The van der Waals surface area contributed by atoms with Crippen molar-refractivity contribution >= 4 is 34.8 Å². The van der Waals surface area contributed by atoms with Crippen molar-refractivity contribution < 1.29 is 23.8 Å². The highest BCUT2D eigenvalue weighted by atomic mass is 32.1. The lowest BCUT2D eigenvalue weighted by Crippen LogP contribution is -2.34. The molecule has 1 fully saturated rings. The van der Waals surface area contributed by atoms with Gasteiger partial charge >= 0.3 is 0 Å². The van der Waals surface area contributed by atoms with Crippen LogP contribution >= 0.6 is 12.2 Å². The van der Waals surface area contributed by atoms with Gasteiger partial charge in [0.05, 0.1) is 12.7 Å². The van der Waals surface area contributed by atoms with Gasteiger partial charge in [0.25, 0.3) is 11.8 Å². The fraction of sp³-hybridized carbons (Fsp3) is 0.348. The minimum atomic E-state index is -0.351. The number of methoxy groups -OCH3 is 1. The number of rotatable bonds is 9. The Hall–Kier alpha value is -3.01. The van der Waals surface area contributed by atoms with Gasteiger partial charge in [-0.15, -0.1) is 0 Å². The number of carbonyl (C=O) groups is 2. The molecule has 1 heterocycles. The lowest BCUT2D eigenvalue weighted by molar-refractivity contribution is 0.0857. The zero-order valence-electron chi connectivity index (χ0n) is 17.9. The molecule has 0 aliphatic carbocycles. The Morgan fingerprint density at radius 1 is 1.09 bits per heavy atom. The minimum absolute atomic E-state index is 0.0778. The van der Waals surface area contributed by atoms with E-state index >= 15 is 0 Å². The standard InChI is InChI=1S/C23H27N3O5S/c1-29-12-13-31-19-9-7-16(8-10-19)22(28)26-23(32)25-18-5-2-4-17(14-18)21(27)24-15-20-6-3-11-30-20/h2,4-5,7-10,14,20H,3,6,11-13,15H2,1H3,(H,24,27)(H2,25,26,28,32). The first kappa shape index (κ1) is 23.6. The van der Waals surface area contributed by atoms with Crippen molar-refractivity contribution in [2.75, 3.05) is 38.8 Å². The minimum Gasteiger partial charge on any atom is -0.491 e. The van der Waals surface area contributed by atoms with Crippen LogP contribution in [-0.4, -0.2) is 56.5 Å². The maximum absolute atomic E-state index is 12.4. The summed E-state index contributed by atoms with van der Waals surface area (Å²) in [6.45, 7) is 2.15. The Bertz CT molecular complexity index is 929. The fourth-order valence-corrected chi connectivity index (χ4v) is 3.35. The second-order valence-electron chi connectivity index (χ2n) is 7.20. The quantitative estimate of drug-likeness (QED) is 0.393. The third kappa shape index (κ3) is 7.30. The molecule has 0 bridgehead atoms. The normalized spacial score (nSPS) is 15.1. The number of hydrogen-bond acceptors (Lipinski definition) is 6. The van der Waals surface area contributed by atoms with Gasteiger partial charge < -0.3 is 24.8 Å². The Morgan fingerprint density at radius 3 is 2.62 bits per heavy atom. The number of nitrogens with one attached hydrogen (secondary N) is 3. The summed E-state index contributed by atoms with van der Waals surface area (Å²) in [7, 11) is 1.60. The van der Waals surface area contributed by atoms with Crippen LogP contribution in [0.4, 0.5) is 5.69 Å². The van der Waals surface area contributed by atoms with Crippen LogP contribution in [0.5, 0.6) is 5.75 Å². The molecule has 1 atom stereocenters. The third-order valence-electron chi connectivity index (χ3n) is 4.80. The zero-order chi connectivity index (χ0) is 22.8. The van der Waals surface area contributed by atoms with Crippen molar-refractivity contribution in [1.82, 2.24) is 10.6 Å². The van der Waals surface area contributed by atoms with Gasteiger partial charge in [0.1, 0.15) is 12.4 Å². The van der Waals surface area contributed by atoms with Gasteiger partial charge in [-0.05, 0) is 67.5 Å². The van der Waals surface area contributed by atoms with E-state index in [0.29, 0.717) is 42.3 Å². The number of hydrogen-bond donors (Lipinski definition) is 3. The lowest BCUT2D eigenvalue weighted by atomic mass is 10.1. The largest absolute Gasteiger partial charge is 0.491 e. The highest BCUT2D eigenvalue weighted by Crippen LogP contribution is 2.14. The summed E-state index contributed by atoms with van der Waals surface area (Å²) in [6.07, 6.45) is 2.06. The molecule has 0 spiro atoms. The molecule has 8 nitrogen and oxygen atoms in total. The Kier molecular flexibility index (Phi) is 8.97. The first-order valence-corrected chi connectivity index (χ1v) is 10.8. The Morgan fingerprint density at radius 2 is 1.91 bits per heavy atom. The molecule has 1 aliphatic rings. The van der Waals surface area contributed by atoms with E-state index in [4.69, 9.17) is 26.4 Å². The first-order valence-electron chi connectivity index (χ1n) is 10.4. The van der Waals surface area contributed by atoms with Gasteiger partial charge in [0, 0.05) is 37.1 Å². The highest BCUT2D eigenvalue weighted by Gasteiger charge is 2.17. The molecule has 0 aromatic heterocycles. The second-order valence-corrected chi connectivity index (χ2v) is 7.61. The monoisotopic (exact) mass is 457 g/mol. The van der Waals surface area contributed by atoms with Gasteiger partial charge in [-0.1, -0.05) is 6.07 Å². The topological polar surface area (TPSA) is 97.9 Å². The van der Waals surface area contributed by atoms with Gasteiger partial charge in [0.2, 0.25) is 0 Å². The molecule has 170 valence electrons. The van der Waals surface area contributed by atoms with Crippen LogP contribution in [0, 0.1) is 0 Å². The van der Waals surface area contributed by atoms with Crippen molar-refractivity contribution in [3.05, 3.63) is 59.7 Å². The molecule has 0 radical (unpaired) electrons. The average Bonchev–Trinajstić information content (AvgIpc) is 3.32. The molecule has 3 N–H and O–H groups in total. The van der Waals surface area contributed by atoms with Crippen LogP contribution in [0.2, 0.25) is 0 Å². The molecular formula is C23H27N3O5S. The van der Waals surface area contributed by atoms with Gasteiger partial charge in [-0.3, -0.25) is 14.9 Å². The molecule has 1 saturated heterocycles. The SMILES string of the molecule is COCCOc1ccc(C(=O)NC(=S)Nc2cccc(C(=O)NCC3CCCO3)c2)cc1. The molecule has 2 amide bonds. The number of benzene rings is 2. The van der Waals surface area contributed by atoms with Crippen molar-refractivity contribution in [2.24, 2.45) is 0 Å². The smallest absolute Gasteiger partial charge is 0.257 e. The van der Waals surface area contributed by atoms with Crippen LogP contribution < -0.4 is 20.7 Å². The summed E-state index contributed by atoms with van der Waals surface area (Å²) in [5.41, 5.74) is 1.53. The van der Waals surface area contributed by atoms with Gasteiger partial charge in [-0.2, -0.15) is 0 Å². The van der Waals surface area contributed by atoms with Gasteiger partial charge in [0.15, 0.2) is 5.11 Å². The van der Waals surface area contributed by atoms with Crippen molar-refractivity contribution in [1.29, 1.82) is 0 Å². The first-order chi connectivity index (χ1) is 15.5. The van der Waals surface area contributed by atoms with Crippen LogP contribution in [-0.2, 0) is 9.47 Å². The van der Waals surface area contributed by atoms with Crippen LogP contribution in [0.25, 0.3) is 0 Å². The molecule has 0 saturated carbocycles. The van der Waals surface area contributed by atoms with E-state index in [1.54, 1.807) is 55.6 Å². The van der Waals surface area contributed by atoms with Crippen LogP contribution in [0.3, 0.4) is 0 Å². The number of amides is 2. The second kappa shape index (κ2) is 12.1. The summed E-state index contributed by atoms with van der Waals surface area (Å²) in [5.74, 6) is 0.109. The highest BCUT2D eigenvalue weighted by molar-refractivity contribution is 7.80. The fourth-order valence-electron chi connectivity index (χ4n) is 3.14. The Balaban J connectivity index is 1.49. The van der Waals surface area contributed by atoms with Crippen LogP contribution in [0.15, 0.2) is 48.5 Å². The molecule has 32 heavy (non-hydrogen) atoms. The maximum atomic E-state index is 12.4. The lowest BCUT2D eigenvalue weighted by Gasteiger charge is -2.13. The maximum Gasteiger partial charge on any atom is 0.257 e. The summed E-state index contributed by atoms with van der Waals surface area (Å²) in [4.78, 5) is 24.8.